The van der Waals surface area contributed by atoms with Crippen LogP contribution in [0.5, 0.6) is 0 Å². The molecular weight excluding hydrogens is 297 g/mol. The van der Waals surface area contributed by atoms with E-state index in [1.165, 1.54) is 24.3 Å². The van der Waals surface area contributed by atoms with Crippen LogP contribution in [0.2, 0.25) is 0 Å². The van der Waals surface area contributed by atoms with Gasteiger partial charge in [-0.1, -0.05) is 6.08 Å². The van der Waals surface area contributed by atoms with E-state index in [9.17, 15) is 19.1 Å². The number of carbonyl (C=O) groups excluding carboxylic acids is 2. The molecule has 1 aromatic carbocycles. The molecule has 2 N–H and O–H groups in total. The SMILES string of the molecule is O=C(CC[C@H]1C(=O)N/C1=C1\C=CC(O)=CC1)c1ccc(F)cc1. The maximum Gasteiger partial charge on any atom is 0.233 e. The molecular formula is C18H16FNO3. The van der Waals surface area contributed by atoms with E-state index in [0.29, 0.717) is 18.4 Å². The van der Waals surface area contributed by atoms with Crippen LogP contribution >= 0.6 is 0 Å². The lowest BCUT2D eigenvalue weighted by molar-refractivity contribution is -0.128. The fraction of sp³-hybridized carbons (Fsp3) is 0.222. The van der Waals surface area contributed by atoms with Crippen molar-refractivity contribution in [1.82, 2.24) is 5.32 Å². The standard InChI is InChI=1S/C18H16FNO3/c19-13-5-1-11(2-6-13)16(22)10-9-15-17(20-18(15)23)12-3-7-14(21)8-4-12/h1-3,5-8,15,21H,4,9-10H2,(H,20,23)/b17-12+/t15-/m1/s1. The van der Waals surface area contributed by atoms with Crippen molar-refractivity contribution < 1.29 is 19.1 Å². The Kier molecular flexibility index (Phi) is 4.10. The third kappa shape index (κ3) is 3.23. The molecule has 4 nitrogen and oxygen atoms in total. The first-order valence-electron chi connectivity index (χ1n) is 7.44. The average Bonchev–Trinajstić information content (AvgIpc) is 2.54. The van der Waals surface area contributed by atoms with E-state index < -0.39 is 0 Å². The molecule has 1 saturated heterocycles. The summed E-state index contributed by atoms with van der Waals surface area (Å²) in [6.07, 6.45) is 6.24. The van der Waals surface area contributed by atoms with Crippen LogP contribution in [0.1, 0.15) is 29.6 Å². The minimum atomic E-state index is -0.382. The van der Waals surface area contributed by atoms with E-state index in [4.69, 9.17) is 0 Å². The van der Waals surface area contributed by atoms with E-state index in [2.05, 4.69) is 5.32 Å². The molecule has 2 aliphatic rings. The van der Waals surface area contributed by atoms with Crippen LogP contribution in [0.15, 0.2) is 59.5 Å². The van der Waals surface area contributed by atoms with E-state index in [-0.39, 0.29) is 35.6 Å². The van der Waals surface area contributed by atoms with Crippen molar-refractivity contribution >= 4 is 11.7 Å². The Morgan fingerprint density at radius 1 is 1.26 bits per heavy atom. The molecule has 1 aromatic rings. The zero-order valence-corrected chi connectivity index (χ0v) is 12.4. The van der Waals surface area contributed by atoms with Crippen molar-refractivity contribution in [2.45, 2.75) is 19.3 Å². The lowest BCUT2D eigenvalue weighted by atomic mass is 9.85. The van der Waals surface area contributed by atoms with Crippen molar-refractivity contribution in [2.24, 2.45) is 5.92 Å². The van der Waals surface area contributed by atoms with Crippen LogP contribution in [0, 0.1) is 11.7 Å². The summed E-state index contributed by atoms with van der Waals surface area (Å²) in [6, 6.07) is 5.41. The number of aliphatic hydroxyl groups is 1. The van der Waals surface area contributed by atoms with Crippen molar-refractivity contribution in [3.63, 3.8) is 0 Å². The molecule has 1 aliphatic heterocycles. The Hall–Kier alpha value is -2.69. The highest BCUT2D eigenvalue weighted by Crippen LogP contribution is 2.31. The summed E-state index contributed by atoms with van der Waals surface area (Å²) in [4.78, 5) is 23.9. The smallest absolute Gasteiger partial charge is 0.233 e. The quantitative estimate of drug-likeness (QED) is 0.662. The van der Waals surface area contributed by atoms with Gasteiger partial charge >= 0.3 is 0 Å². The number of β-lactam (4-membered cyclic amide) rings is 1. The summed E-state index contributed by atoms with van der Waals surface area (Å²) >= 11 is 0. The van der Waals surface area contributed by atoms with Crippen molar-refractivity contribution in [2.75, 3.05) is 0 Å². The molecule has 118 valence electrons. The molecule has 0 aromatic heterocycles. The van der Waals surface area contributed by atoms with E-state index >= 15 is 0 Å². The lowest BCUT2D eigenvalue weighted by Gasteiger charge is -2.32. The second-order valence-corrected chi connectivity index (χ2v) is 5.62. The molecule has 0 unspecified atom stereocenters. The number of benzene rings is 1. The lowest BCUT2D eigenvalue weighted by Crippen LogP contribution is -2.47. The Balaban J connectivity index is 1.64. The molecule has 0 radical (unpaired) electrons. The zero-order chi connectivity index (χ0) is 16.4. The van der Waals surface area contributed by atoms with Crippen LogP contribution in [-0.2, 0) is 4.79 Å². The van der Waals surface area contributed by atoms with Gasteiger partial charge in [-0.2, -0.15) is 0 Å². The second kappa shape index (κ2) is 6.20. The van der Waals surface area contributed by atoms with Gasteiger partial charge in [-0.3, -0.25) is 9.59 Å². The topological polar surface area (TPSA) is 66.4 Å². The third-order valence-electron chi connectivity index (χ3n) is 4.08. The van der Waals surface area contributed by atoms with E-state index in [1.54, 1.807) is 18.2 Å². The van der Waals surface area contributed by atoms with Gasteiger partial charge in [0.2, 0.25) is 5.91 Å². The van der Waals surface area contributed by atoms with Gasteiger partial charge in [-0.05, 0) is 54.8 Å². The number of allylic oxidation sites excluding steroid dienone is 4. The van der Waals surface area contributed by atoms with Gasteiger partial charge in [0.05, 0.1) is 5.92 Å². The third-order valence-corrected chi connectivity index (χ3v) is 4.08. The zero-order valence-electron chi connectivity index (χ0n) is 12.4. The predicted molar refractivity (Wildman–Crippen MR) is 83.1 cm³/mol. The summed E-state index contributed by atoms with van der Waals surface area (Å²) in [5.74, 6) is -0.680. The van der Waals surface area contributed by atoms with Crippen LogP contribution in [0.25, 0.3) is 0 Å². The fourth-order valence-corrected chi connectivity index (χ4v) is 2.73. The summed E-state index contributed by atoms with van der Waals surface area (Å²) < 4.78 is 12.9. The normalized spacial score (nSPS) is 23.1. The average molecular weight is 313 g/mol. The van der Waals surface area contributed by atoms with Crippen molar-refractivity contribution in [3.8, 4) is 0 Å². The highest BCUT2D eigenvalue weighted by Gasteiger charge is 2.35. The molecule has 1 fully saturated rings. The first-order valence-corrected chi connectivity index (χ1v) is 7.44. The van der Waals surface area contributed by atoms with Gasteiger partial charge in [-0.25, -0.2) is 4.39 Å². The number of Topliss-reactive ketones (excluding diaryl/α,β-unsaturated/α-hetero) is 1. The number of hydrogen-bond acceptors (Lipinski definition) is 3. The Morgan fingerprint density at radius 2 is 2.00 bits per heavy atom. The highest BCUT2D eigenvalue weighted by atomic mass is 19.1. The highest BCUT2D eigenvalue weighted by molar-refractivity contribution is 5.97. The summed E-state index contributed by atoms with van der Waals surface area (Å²) in [6.45, 7) is 0. The van der Waals surface area contributed by atoms with Crippen LogP contribution in [0.4, 0.5) is 4.39 Å². The largest absolute Gasteiger partial charge is 0.508 e. The molecule has 1 atom stereocenters. The first-order chi connectivity index (χ1) is 11.0. The monoisotopic (exact) mass is 313 g/mol. The Morgan fingerprint density at radius 3 is 2.61 bits per heavy atom. The van der Waals surface area contributed by atoms with Gasteiger partial charge in [0.15, 0.2) is 5.78 Å². The first kappa shape index (κ1) is 15.2. The molecule has 5 heteroatoms. The summed E-state index contributed by atoms with van der Waals surface area (Å²) in [5.41, 5.74) is 2.22. The number of halogens is 1. The number of carbonyl (C=O) groups is 2. The molecule has 3 rings (SSSR count). The van der Waals surface area contributed by atoms with E-state index in [0.717, 1.165) is 11.3 Å². The number of nitrogens with one attached hydrogen (secondary N) is 1. The van der Waals surface area contributed by atoms with Gasteiger partial charge in [0, 0.05) is 17.7 Å². The Labute approximate surface area is 133 Å². The number of amides is 1. The second-order valence-electron chi connectivity index (χ2n) is 5.62. The van der Waals surface area contributed by atoms with Crippen molar-refractivity contribution in [1.29, 1.82) is 0 Å². The molecule has 0 spiro atoms. The van der Waals surface area contributed by atoms with Gasteiger partial charge in [0.1, 0.15) is 11.6 Å². The summed E-state index contributed by atoms with van der Waals surface area (Å²) in [7, 11) is 0. The number of ketones is 1. The summed E-state index contributed by atoms with van der Waals surface area (Å²) in [5, 5.41) is 12.1. The van der Waals surface area contributed by atoms with Gasteiger partial charge < -0.3 is 10.4 Å². The van der Waals surface area contributed by atoms with E-state index in [1.807, 2.05) is 0 Å². The number of rotatable bonds is 4. The predicted octanol–water partition coefficient (Wildman–Crippen LogP) is 3.19. The van der Waals surface area contributed by atoms with Crippen LogP contribution < -0.4 is 5.32 Å². The molecule has 0 bridgehead atoms. The molecule has 1 aliphatic carbocycles. The van der Waals surface area contributed by atoms with Gasteiger partial charge in [-0.15, -0.1) is 0 Å². The minimum Gasteiger partial charge on any atom is -0.508 e. The fourth-order valence-electron chi connectivity index (χ4n) is 2.73. The minimum absolute atomic E-state index is 0.0911. The number of aliphatic hydroxyl groups excluding tert-OH is 1. The maximum atomic E-state index is 12.9. The maximum absolute atomic E-state index is 12.9. The molecule has 1 amide bonds. The molecule has 0 saturated carbocycles. The molecule has 23 heavy (non-hydrogen) atoms. The Bertz CT molecular complexity index is 744. The van der Waals surface area contributed by atoms with Crippen LogP contribution in [-0.4, -0.2) is 16.8 Å². The van der Waals surface area contributed by atoms with Crippen LogP contribution in [0.3, 0.4) is 0 Å². The van der Waals surface area contributed by atoms with Gasteiger partial charge in [0.25, 0.3) is 0 Å². The van der Waals surface area contributed by atoms with Crippen molar-refractivity contribution in [3.05, 3.63) is 70.9 Å². The number of hydrogen-bond donors (Lipinski definition) is 2. The molecule has 1 heterocycles.